The highest BCUT2D eigenvalue weighted by atomic mass is 16.5. The number of ether oxygens (including phenoxy) is 1. The van der Waals surface area contributed by atoms with Crippen LogP contribution < -0.4 is 5.32 Å². The summed E-state index contributed by atoms with van der Waals surface area (Å²) in [4.78, 5) is 12.9. The molecule has 0 rings (SSSR count). The molecule has 84 valence electrons. The molecule has 0 saturated carbocycles. The maximum absolute atomic E-state index is 10.9. The number of carboxylic acids is 1. The maximum Gasteiger partial charge on any atom is 0.324 e. The van der Waals surface area contributed by atoms with E-state index in [9.17, 15) is 4.79 Å². The van der Waals surface area contributed by atoms with Gasteiger partial charge in [0.05, 0.1) is 6.61 Å². The van der Waals surface area contributed by atoms with Gasteiger partial charge in [0.2, 0.25) is 0 Å². The molecule has 0 aliphatic heterocycles. The Labute approximate surface area is 85.0 Å². The lowest BCUT2D eigenvalue weighted by Crippen LogP contribution is -2.55. The lowest BCUT2D eigenvalue weighted by molar-refractivity contribution is -0.144. The lowest BCUT2D eigenvalue weighted by Gasteiger charge is -2.29. The number of rotatable bonds is 7. The molecule has 0 fully saturated rings. The highest BCUT2D eigenvalue weighted by Gasteiger charge is 2.32. The van der Waals surface area contributed by atoms with Crippen LogP contribution in [-0.4, -0.2) is 62.4 Å². The van der Waals surface area contributed by atoms with Crippen LogP contribution in [0, 0.1) is 0 Å². The van der Waals surface area contributed by atoms with E-state index in [-0.39, 0.29) is 0 Å². The average molecular weight is 204 g/mol. The first-order valence-corrected chi connectivity index (χ1v) is 4.56. The zero-order chi connectivity index (χ0) is 11.2. The fourth-order valence-electron chi connectivity index (χ4n) is 1.12. The van der Waals surface area contributed by atoms with E-state index in [4.69, 9.17) is 9.84 Å². The van der Waals surface area contributed by atoms with Crippen molar-refractivity contribution in [1.29, 1.82) is 0 Å². The number of hydrogen-bond acceptors (Lipinski definition) is 4. The Morgan fingerprint density at radius 1 is 1.64 bits per heavy atom. The fraction of sp³-hybridized carbons (Fsp3) is 0.889. The summed E-state index contributed by atoms with van der Waals surface area (Å²) < 4.78 is 4.91. The molecule has 0 aromatic heterocycles. The number of methoxy groups -OCH3 is 1. The Bertz CT molecular complexity index is 187. The normalized spacial score (nSPS) is 15.5. The van der Waals surface area contributed by atoms with Crippen LogP contribution in [0.3, 0.4) is 0 Å². The Balaban J connectivity index is 4.10. The molecule has 1 atom stereocenters. The highest BCUT2D eigenvalue weighted by molar-refractivity contribution is 5.78. The molecule has 0 aliphatic rings. The smallest absolute Gasteiger partial charge is 0.324 e. The SMILES string of the molecule is CNC(C)(CN(C)CCOC)C(=O)O. The van der Waals surface area contributed by atoms with Crippen LogP contribution in [0.5, 0.6) is 0 Å². The zero-order valence-corrected chi connectivity index (χ0v) is 9.33. The molecular weight excluding hydrogens is 184 g/mol. The van der Waals surface area contributed by atoms with Gasteiger partial charge in [-0.25, -0.2) is 0 Å². The first-order chi connectivity index (χ1) is 6.46. The number of carboxylic acid groups (broad SMARTS) is 1. The van der Waals surface area contributed by atoms with Crippen LogP contribution in [0.2, 0.25) is 0 Å². The van der Waals surface area contributed by atoms with Crippen molar-refractivity contribution in [1.82, 2.24) is 10.2 Å². The number of likely N-dealkylation sites (N-methyl/N-ethyl adjacent to an activating group) is 2. The van der Waals surface area contributed by atoms with E-state index in [1.165, 1.54) is 0 Å². The number of aliphatic carboxylic acids is 1. The van der Waals surface area contributed by atoms with Crippen LogP contribution in [0.25, 0.3) is 0 Å². The molecule has 0 heterocycles. The van der Waals surface area contributed by atoms with Gasteiger partial charge < -0.3 is 20.1 Å². The predicted octanol–water partition coefficient (Wildman–Crippen LogP) is -0.373. The van der Waals surface area contributed by atoms with Gasteiger partial charge in [-0.05, 0) is 21.0 Å². The molecular formula is C9H20N2O3. The lowest BCUT2D eigenvalue weighted by atomic mass is 10.0. The van der Waals surface area contributed by atoms with Crippen molar-refractivity contribution in [2.45, 2.75) is 12.5 Å². The number of hydrogen-bond donors (Lipinski definition) is 2. The zero-order valence-electron chi connectivity index (χ0n) is 9.33. The van der Waals surface area contributed by atoms with Gasteiger partial charge in [0.25, 0.3) is 0 Å². The summed E-state index contributed by atoms with van der Waals surface area (Å²) in [6.07, 6.45) is 0. The molecule has 0 bridgehead atoms. The Kier molecular flexibility index (Phi) is 5.68. The second kappa shape index (κ2) is 5.95. The summed E-state index contributed by atoms with van der Waals surface area (Å²) in [6, 6.07) is 0. The van der Waals surface area contributed by atoms with Crippen LogP contribution >= 0.6 is 0 Å². The van der Waals surface area contributed by atoms with Gasteiger partial charge in [0, 0.05) is 20.2 Å². The molecule has 0 aliphatic carbocycles. The maximum atomic E-state index is 10.9. The first-order valence-electron chi connectivity index (χ1n) is 4.56. The largest absolute Gasteiger partial charge is 0.480 e. The van der Waals surface area contributed by atoms with Gasteiger partial charge >= 0.3 is 5.97 Å². The van der Waals surface area contributed by atoms with Crippen LogP contribution in [0.15, 0.2) is 0 Å². The van der Waals surface area contributed by atoms with Crippen molar-refractivity contribution in [3.05, 3.63) is 0 Å². The number of nitrogens with zero attached hydrogens (tertiary/aromatic N) is 1. The van der Waals surface area contributed by atoms with Gasteiger partial charge in [-0.2, -0.15) is 0 Å². The van der Waals surface area contributed by atoms with Crippen LogP contribution in [-0.2, 0) is 9.53 Å². The van der Waals surface area contributed by atoms with E-state index < -0.39 is 11.5 Å². The van der Waals surface area contributed by atoms with E-state index in [0.29, 0.717) is 13.2 Å². The summed E-state index contributed by atoms with van der Waals surface area (Å²) in [7, 11) is 5.15. The van der Waals surface area contributed by atoms with E-state index in [0.717, 1.165) is 6.54 Å². The topological polar surface area (TPSA) is 61.8 Å². The summed E-state index contributed by atoms with van der Waals surface area (Å²) in [5.41, 5.74) is -0.900. The molecule has 0 saturated heterocycles. The van der Waals surface area contributed by atoms with E-state index in [2.05, 4.69) is 5.32 Å². The van der Waals surface area contributed by atoms with Crippen molar-refractivity contribution in [2.75, 3.05) is 40.9 Å². The standard InChI is InChI=1S/C9H20N2O3/c1-9(10-2,8(12)13)7-11(3)5-6-14-4/h10H,5-7H2,1-4H3,(H,12,13). The molecule has 2 N–H and O–H groups in total. The summed E-state index contributed by atoms with van der Waals surface area (Å²) in [5.74, 6) is -0.843. The van der Waals surface area contributed by atoms with Crippen molar-refractivity contribution >= 4 is 5.97 Å². The van der Waals surface area contributed by atoms with Gasteiger partial charge in [0.1, 0.15) is 5.54 Å². The number of nitrogens with one attached hydrogen (secondary N) is 1. The Hall–Kier alpha value is -0.650. The molecule has 0 radical (unpaired) electrons. The molecule has 0 spiro atoms. The van der Waals surface area contributed by atoms with Gasteiger partial charge in [-0.1, -0.05) is 0 Å². The molecule has 14 heavy (non-hydrogen) atoms. The second-order valence-corrected chi connectivity index (χ2v) is 3.62. The molecule has 1 unspecified atom stereocenters. The third kappa shape index (κ3) is 4.04. The van der Waals surface area contributed by atoms with Gasteiger partial charge in [0.15, 0.2) is 0 Å². The monoisotopic (exact) mass is 204 g/mol. The number of carbonyl (C=O) groups is 1. The van der Waals surface area contributed by atoms with Crippen molar-refractivity contribution in [2.24, 2.45) is 0 Å². The summed E-state index contributed by atoms with van der Waals surface area (Å²) in [5, 5.41) is 11.8. The van der Waals surface area contributed by atoms with Crippen molar-refractivity contribution in [3.63, 3.8) is 0 Å². The van der Waals surface area contributed by atoms with Crippen molar-refractivity contribution < 1.29 is 14.6 Å². The molecule has 0 aromatic carbocycles. The first kappa shape index (κ1) is 13.4. The summed E-state index contributed by atoms with van der Waals surface area (Å²) in [6.45, 7) is 3.44. The quantitative estimate of drug-likeness (QED) is 0.592. The van der Waals surface area contributed by atoms with Crippen LogP contribution in [0.1, 0.15) is 6.92 Å². The van der Waals surface area contributed by atoms with Crippen LogP contribution in [0.4, 0.5) is 0 Å². The average Bonchev–Trinajstić information content (AvgIpc) is 2.14. The minimum Gasteiger partial charge on any atom is -0.480 e. The van der Waals surface area contributed by atoms with E-state index in [1.54, 1.807) is 21.1 Å². The Morgan fingerprint density at radius 3 is 2.57 bits per heavy atom. The fourth-order valence-corrected chi connectivity index (χ4v) is 1.12. The second-order valence-electron chi connectivity index (χ2n) is 3.62. The van der Waals surface area contributed by atoms with Crippen molar-refractivity contribution in [3.8, 4) is 0 Å². The molecule has 0 amide bonds. The third-order valence-electron chi connectivity index (χ3n) is 2.29. The molecule has 5 heteroatoms. The summed E-state index contributed by atoms with van der Waals surface area (Å²) >= 11 is 0. The van der Waals surface area contributed by atoms with E-state index in [1.807, 2.05) is 11.9 Å². The minimum atomic E-state index is -0.900. The third-order valence-corrected chi connectivity index (χ3v) is 2.29. The highest BCUT2D eigenvalue weighted by Crippen LogP contribution is 2.05. The molecule has 0 aromatic rings. The minimum absolute atomic E-state index is 0.447. The van der Waals surface area contributed by atoms with Gasteiger partial charge in [-0.15, -0.1) is 0 Å². The van der Waals surface area contributed by atoms with E-state index >= 15 is 0 Å². The Morgan fingerprint density at radius 2 is 2.21 bits per heavy atom. The van der Waals surface area contributed by atoms with Gasteiger partial charge in [-0.3, -0.25) is 4.79 Å². The predicted molar refractivity (Wildman–Crippen MR) is 54.5 cm³/mol. The molecule has 5 nitrogen and oxygen atoms in total.